The van der Waals surface area contributed by atoms with Crippen molar-refractivity contribution in [1.29, 1.82) is 0 Å². The molecule has 2 heterocycles. The van der Waals surface area contributed by atoms with Gasteiger partial charge in [0.2, 0.25) is 0 Å². The second-order valence-corrected chi connectivity index (χ2v) is 5.97. The van der Waals surface area contributed by atoms with Gasteiger partial charge in [0.1, 0.15) is 0 Å². The van der Waals surface area contributed by atoms with Crippen LogP contribution in [0.3, 0.4) is 0 Å². The summed E-state index contributed by atoms with van der Waals surface area (Å²) >= 11 is 0. The third-order valence-electron chi connectivity index (χ3n) is 4.29. The second-order valence-electron chi connectivity index (χ2n) is 5.97. The van der Waals surface area contributed by atoms with Crippen LogP contribution in [0.4, 0.5) is 0 Å². The van der Waals surface area contributed by atoms with Gasteiger partial charge in [0.15, 0.2) is 5.69 Å². The molecule has 1 aliphatic heterocycles. The van der Waals surface area contributed by atoms with Gasteiger partial charge >= 0.3 is 0 Å². The zero-order chi connectivity index (χ0) is 16.1. The Bertz CT molecular complexity index is 646. The number of carbonyl (C=O) groups excluding carboxylic acids is 1. The molecule has 3 rings (SSSR count). The molecule has 122 valence electrons. The highest BCUT2D eigenvalue weighted by Crippen LogP contribution is 2.08. The summed E-state index contributed by atoms with van der Waals surface area (Å²) in [5.41, 5.74) is 2.36. The van der Waals surface area contributed by atoms with Crippen LogP contribution in [0.2, 0.25) is 0 Å². The number of nitrogens with one attached hydrogen (secondary N) is 1. The number of carbonyl (C=O) groups is 1. The van der Waals surface area contributed by atoms with E-state index in [9.17, 15) is 4.79 Å². The number of rotatable bonds is 6. The van der Waals surface area contributed by atoms with E-state index in [0.717, 1.165) is 30.9 Å². The monoisotopic (exact) mass is 313 g/mol. The fourth-order valence-corrected chi connectivity index (χ4v) is 2.89. The number of hydrogen-bond donors (Lipinski definition) is 1. The average molecular weight is 313 g/mol. The molecule has 1 N–H and O–H groups in total. The zero-order valence-corrected chi connectivity index (χ0v) is 13.5. The first kappa shape index (κ1) is 15.7. The summed E-state index contributed by atoms with van der Waals surface area (Å²) in [5, 5.41) is 11.1. The predicted octanol–water partition coefficient (Wildman–Crippen LogP) is 1.46. The Balaban J connectivity index is 1.56. The van der Waals surface area contributed by atoms with Gasteiger partial charge in [0.05, 0.1) is 12.2 Å². The van der Waals surface area contributed by atoms with Gasteiger partial charge in [-0.1, -0.05) is 35.5 Å². The van der Waals surface area contributed by atoms with Gasteiger partial charge in [-0.25, -0.2) is 4.68 Å². The fraction of sp³-hybridized carbons (Fsp3) is 0.471. The summed E-state index contributed by atoms with van der Waals surface area (Å²) in [4.78, 5) is 14.6. The molecule has 1 aliphatic rings. The van der Waals surface area contributed by atoms with Crippen LogP contribution in [-0.2, 0) is 6.54 Å². The predicted molar refractivity (Wildman–Crippen MR) is 88.3 cm³/mol. The van der Waals surface area contributed by atoms with E-state index < -0.39 is 0 Å². The molecule has 1 amide bonds. The molecule has 2 aromatic rings. The maximum absolute atomic E-state index is 12.3. The number of likely N-dealkylation sites (tertiary alicyclic amines) is 1. The SMILES string of the molecule is Cc1c(C(=O)NCCN2CCCC2)nnn1Cc1ccccc1. The number of nitrogens with zero attached hydrogens (tertiary/aromatic N) is 4. The van der Waals surface area contributed by atoms with E-state index in [1.165, 1.54) is 12.8 Å². The first-order valence-electron chi connectivity index (χ1n) is 8.18. The van der Waals surface area contributed by atoms with Crippen LogP contribution in [0.25, 0.3) is 0 Å². The molecule has 0 atom stereocenters. The summed E-state index contributed by atoms with van der Waals surface area (Å²) < 4.78 is 1.77. The highest BCUT2D eigenvalue weighted by atomic mass is 16.2. The highest BCUT2D eigenvalue weighted by Gasteiger charge is 2.17. The number of hydrogen-bond acceptors (Lipinski definition) is 4. The van der Waals surface area contributed by atoms with E-state index in [0.29, 0.717) is 18.8 Å². The van der Waals surface area contributed by atoms with Gasteiger partial charge in [-0.15, -0.1) is 5.10 Å². The molecule has 0 saturated carbocycles. The van der Waals surface area contributed by atoms with Crippen molar-refractivity contribution in [3.8, 4) is 0 Å². The molecule has 0 radical (unpaired) electrons. The molecule has 23 heavy (non-hydrogen) atoms. The first-order chi connectivity index (χ1) is 11.2. The molecule has 1 fully saturated rings. The lowest BCUT2D eigenvalue weighted by atomic mass is 10.2. The molecule has 6 nitrogen and oxygen atoms in total. The Labute approximate surface area is 136 Å². The van der Waals surface area contributed by atoms with Crippen molar-refractivity contribution in [3.05, 3.63) is 47.3 Å². The maximum Gasteiger partial charge on any atom is 0.273 e. The molecule has 0 aliphatic carbocycles. The van der Waals surface area contributed by atoms with E-state index in [1.54, 1.807) is 4.68 Å². The quantitative estimate of drug-likeness (QED) is 0.877. The number of aromatic nitrogens is 3. The van der Waals surface area contributed by atoms with E-state index >= 15 is 0 Å². The Morgan fingerprint density at radius 1 is 1.22 bits per heavy atom. The molecule has 1 saturated heterocycles. The standard InChI is InChI=1S/C17H23N5O/c1-14-16(17(23)18-9-12-21-10-5-6-11-21)19-20-22(14)13-15-7-3-2-4-8-15/h2-4,7-8H,5-6,9-13H2,1H3,(H,18,23). The molecular weight excluding hydrogens is 290 g/mol. The molecule has 0 bridgehead atoms. The van der Waals surface area contributed by atoms with Gasteiger partial charge < -0.3 is 10.2 Å². The van der Waals surface area contributed by atoms with Crippen LogP contribution < -0.4 is 5.32 Å². The topological polar surface area (TPSA) is 63.1 Å². The van der Waals surface area contributed by atoms with Crippen LogP contribution >= 0.6 is 0 Å². The van der Waals surface area contributed by atoms with Crippen molar-refractivity contribution in [2.75, 3.05) is 26.2 Å². The Morgan fingerprint density at radius 2 is 1.96 bits per heavy atom. The lowest BCUT2D eigenvalue weighted by Gasteiger charge is -2.14. The first-order valence-corrected chi connectivity index (χ1v) is 8.18. The summed E-state index contributed by atoms with van der Waals surface area (Å²) in [6, 6.07) is 10.0. The summed E-state index contributed by atoms with van der Waals surface area (Å²) in [7, 11) is 0. The third kappa shape index (κ3) is 3.96. The van der Waals surface area contributed by atoms with E-state index in [4.69, 9.17) is 0 Å². The zero-order valence-electron chi connectivity index (χ0n) is 13.5. The highest BCUT2D eigenvalue weighted by molar-refractivity contribution is 5.93. The lowest BCUT2D eigenvalue weighted by Crippen LogP contribution is -2.34. The van der Waals surface area contributed by atoms with Crippen LogP contribution in [0.15, 0.2) is 30.3 Å². The summed E-state index contributed by atoms with van der Waals surface area (Å²) in [5.74, 6) is -0.138. The molecular formula is C17H23N5O. The normalized spacial score (nSPS) is 15.0. The van der Waals surface area contributed by atoms with Crippen molar-refractivity contribution in [3.63, 3.8) is 0 Å². The van der Waals surface area contributed by atoms with Crippen LogP contribution in [0.1, 0.15) is 34.6 Å². The minimum absolute atomic E-state index is 0.138. The van der Waals surface area contributed by atoms with Gasteiger partial charge in [0, 0.05) is 13.1 Å². The van der Waals surface area contributed by atoms with Crippen LogP contribution in [0.5, 0.6) is 0 Å². The van der Waals surface area contributed by atoms with Crippen LogP contribution in [0, 0.1) is 6.92 Å². The number of amides is 1. The van der Waals surface area contributed by atoms with E-state index in [2.05, 4.69) is 20.5 Å². The molecule has 1 aromatic heterocycles. The molecule has 0 spiro atoms. The van der Waals surface area contributed by atoms with Crippen molar-refractivity contribution in [2.45, 2.75) is 26.3 Å². The largest absolute Gasteiger partial charge is 0.349 e. The van der Waals surface area contributed by atoms with E-state index in [1.807, 2.05) is 37.3 Å². The Morgan fingerprint density at radius 3 is 2.70 bits per heavy atom. The smallest absolute Gasteiger partial charge is 0.273 e. The van der Waals surface area contributed by atoms with Gasteiger partial charge in [-0.3, -0.25) is 4.79 Å². The van der Waals surface area contributed by atoms with Gasteiger partial charge in [-0.05, 0) is 38.4 Å². The molecule has 6 heteroatoms. The number of benzene rings is 1. The van der Waals surface area contributed by atoms with Crippen molar-refractivity contribution in [2.24, 2.45) is 0 Å². The Hall–Kier alpha value is -2.21. The average Bonchev–Trinajstić information content (AvgIpc) is 3.19. The minimum atomic E-state index is -0.138. The molecule has 0 unspecified atom stereocenters. The van der Waals surface area contributed by atoms with Gasteiger partial charge in [0.25, 0.3) is 5.91 Å². The molecule has 1 aromatic carbocycles. The second kappa shape index (κ2) is 7.37. The minimum Gasteiger partial charge on any atom is -0.349 e. The maximum atomic E-state index is 12.3. The van der Waals surface area contributed by atoms with Crippen molar-refractivity contribution < 1.29 is 4.79 Å². The van der Waals surface area contributed by atoms with Crippen LogP contribution in [-0.4, -0.2) is 52.0 Å². The summed E-state index contributed by atoms with van der Waals surface area (Å²) in [6.45, 7) is 6.36. The third-order valence-corrected chi connectivity index (χ3v) is 4.29. The Kier molecular flexibility index (Phi) is 5.02. The van der Waals surface area contributed by atoms with Crippen molar-refractivity contribution >= 4 is 5.91 Å². The lowest BCUT2D eigenvalue weighted by molar-refractivity contribution is 0.0944. The van der Waals surface area contributed by atoms with E-state index in [-0.39, 0.29) is 5.91 Å². The van der Waals surface area contributed by atoms with Crippen molar-refractivity contribution in [1.82, 2.24) is 25.2 Å². The fourth-order valence-electron chi connectivity index (χ4n) is 2.89. The van der Waals surface area contributed by atoms with Gasteiger partial charge in [-0.2, -0.15) is 0 Å². The summed E-state index contributed by atoms with van der Waals surface area (Å²) in [6.07, 6.45) is 2.53.